The van der Waals surface area contributed by atoms with Gasteiger partial charge in [0.25, 0.3) is 11.8 Å². The molecule has 2 amide bonds. The summed E-state index contributed by atoms with van der Waals surface area (Å²) in [6, 6.07) is 29.9. The summed E-state index contributed by atoms with van der Waals surface area (Å²) in [7, 11) is 0. The number of carbonyl (C=O) groups excluding carboxylic acids is 2. The van der Waals surface area contributed by atoms with Gasteiger partial charge in [0, 0.05) is 53.9 Å². The number of hydrogen-bond donors (Lipinski definition) is 1. The van der Waals surface area contributed by atoms with Crippen molar-refractivity contribution in [2.75, 3.05) is 49.1 Å². The molecule has 0 radical (unpaired) electrons. The van der Waals surface area contributed by atoms with Crippen molar-refractivity contribution in [2.24, 2.45) is 0 Å². The minimum atomic E-state index is -0.123. The lowest BCUT2D eigenvalue weighted by molar-refractivity contribution is -0.114. The van der Waals surface area contributed by atoms with Crippen molar-refractivity contribution >= 4 is 52.6 Å². The topological polar surface area (TPSA) is 55.9 Å². The molecule has 2 heterocycles. The highest BCUT2D eigenvalue weighted by molar-refractivity contribution is 8.04. The number of fused-ring (bicyclic) bond motifs is 1. The van der Waals surface area contributed by atoms with E-state index in [1.54, 1.807) is 4.90 Å². The fourth-order valence-electron chi connectivity index (χ4n) is 6.04. The van der Waals surface area contributed by atoms with Gasteiger partial charge in [0.2, 0.25) is 0 Å². The number of halogens is 1. The van der Waals surface area contributed by atoms with E-state index in [0.29, 0.717) is 23.6 Å². The zero-order valence-corrected chi connectivity index (χ0v) is 27.9. The van der Waals surface area contributed by atoms with Crippen molar-refractivity contribution in [1.29, 1.82) is 0 Å². The number of thioether (sulfide) groups is 1. The third-order valence-corrected chi connectivity index (χ3v) is 9.84. The van der Waals surface area contributed by atoms with Gasteiger partial charge < -0.3 is 15.1 Å². The molecule has 1 N–H and O–H groups in total. The third kappa shape index (κ3) is 7.66. The number of nitrogens with zero attached hydrogens (tertiary/aromatic N) is 3. The average Bonchev–Trinajstić information content (AvgIpc) is 3.06. The zero-order valence-electron chi connectivity index (χ0n) is 26.3. The van der Waals surface area contributed by atoms with E-state index in [9.17, 15) is 9.59 Å². The Kier molecular flexibility index (Phi) is 10.1. The molecule has 0 aromatic heterocycles. The van der Waals surface area contributed by atoms with Crippen molar-refractivity contribution in [2.45, 2.75) is 31.7 Å². The normalized spacial score (nSPS) is 16.1. The van der Waals surface area contributed by atoms with Crippen LogP contribution in [0.2, 0.25) is 5.02 Å². The molecule has 46 heavy (non-hydrogen) atoms. The van der Waals surface area contributed by atoms with Crippen LogP contribution < -0.4 is 15.1 Å². The van der Waals surface area contributed by atoms with Crippen LogP contribution in [0.4, 0.5) is 11.4 Å². The summed E-state index contributed by atoms with van der Waals surface area (Å²) in [5, 5.41) is 3.88. The molecule has 0 atom stereocenters. The first-order chi connectivity index (χ1) is 22.3. The van der Waals surface area contributed by atoms with E-state index < -0.39 is 0 Å². The number of rotatable bonds is 9. The predicted octanol–water partition coefficient (Wildman–Crippen LogP) is 7.58. The van der Waals surface area contributed by atoms with Crippen LogP contribution in [0.15, 0.2) is 101 Å². The summed E-state index contributed by atoms with van der Waals surface area (Å²) < 4.78 is 0. The lowest BCUT2D eigenvalue weighted by atomic mass is 10.1. The van der Waals surface area contributed by atoms with Crippen molar-refractivity contribution < 1.29 is 9.59 Å². The number of anilines is 2. The quantitative estimate of drug-likeness (QED) is 0.150. The van der Waals surface area contributed by atoms with E-state index in [0.717, 1.165) is 71.4 Å². The summed E-state index contributed by atoms with van der Waals surface area (Å²) in [6.45, 7) is 10.0. The number of amides is 2. The highest BCUT2D eigenvalue weighted by Crippen LogP contribution is 2.43. The van der Waals surface area contributed by atoms with Crippen LogP contribution in [0.1, 0.15) is 39.0 Å². The Labute approximate surface area is 281 Å². The van der Waals surface area contributed by atoms with Crippen LogP contribution >= 0.6 is 23.4 Å². The summed E-state index contributed by atoms with van der Waals surface area (Å²) in [5.74, 6) is -0.186. The van der Waals surface area contributed by atoms with Gasteiger partial charge in [0.15, 0.2) is 0 Å². The first kappa shape index (κ1) is 31.9. The van der Waals surface area contributed by atoms with Gasteiger partial charge >= 0.3 is 0 Å². The monoisotopic (exact) mass is 650 g/mol. The summed E-state index contributed by atoms with van der Waals surface area (Å²) in [6.07, 6.45) is 2.81. The second kappa shape index (κ2) is 14.6. The van der Waals surface area contributed by atoms with Gasteiger partial charge in [0.05, 0.1) is 17.1 Å². The maximum absolute atomic E-state index is 13.9. The van der Waals surface area contributed by atoms with Crippen LogP contribution in [-0.4, -0.2) is 56.0 Å². The molecule has 1 saturated heterocycles. The van der Waals surface area contributed by atoms with Crippen molar-refractivity contribution in [3.63, 3.8) is 0 Å². The van der Waals surface area contributed by atoms with Gasteiger partial charge in [-0.2, -0.15) is 0 Å². The van der Waals surface area contributed by atoms with Crippen LogP contribution in [0.25, 0.3) is 6.08 Å². The smallest absolute Gasteiger partial charge is 0.265 e. The van der Waals surface area contributed by atoms with E-state index in [2.05, 4.69) is 53.2 Å². The SMILES string of the molecule is Cc1cccc(CN2C(=O)/C(=C/c3ccccc3)Sc3ccc(C(=O)NCCCN4CCN(c5cc(Cl)ccc5C)CC4)cc32)c1. The molecule has 4 aromatic carbocycles. The van der Waals surface area contributed by atoms with E-state index in [1.165, 1.54) is 23.0 Å². The maximum Gasteiger partial charge on any atom is 0.265 e. The molecule has 8 heteroatoms. The Morgan fingerprint density at radius 2 is 1.70 bits per heavy atom. The first-order valence-corrected chi connectivity index (χ1v) is 17.0. The number of hydrogen-bond acceptors (Lipinski definition) is 5. The molecule has 236 valence electrons. The average molecular weight is 651 g/mol. The Morgan fingerprint density at radius 3 is 2.48 bits per heavy atom. The van der Waals surface area contributed by atoms with Crippen molar-refractivity contribution in [3.05, 3.63) is 129 Å². The van der Waals surface area contributed by atoms with Crippen LogP contribution in [0, 0.1) is 13.8 Å². The van der Waals surface area contributed by atoms with E-state index in [1.807, 2.05) is 72.8 Å². The molecule has 1 fully saturated rings. The Balaban J connectivity index is 1.09. The molecule has 0 unspecified atom stereocenters. The molecular formula is C38H39ClN4O2S. The lowest BCUT2D eigenvalue weighted by Crippen LogP contribution is -2.47. The second-order valence-electron chi connectivity index (χ2n) is 12.0. The molecule has 6 nitrogen and oxygen atoms in total. The molecule has 0 saturated carbocycles. The lowest BCUT2D eigenvalue weighted by Gasteiger charge is -2.37. The molecular weight excluding hydrogens is 612 g/mol. The number of carbonyl (C=O) groups is 2. The van der Waals surface area contributed by atoms with E-state index in [4.69, 9.17) is 11.6 Å². The number of aryl methyl sites for hydroxylation is 2. The standard InChI is InChI=1S/C38H39ClN4O2S/c1-27-8-6-11-30(22-27)26-43-34-24-31(13-15-35(34)46-36(38(43)45)23-29-9-4-3-5-10-29)37(44)40-16-7-17-41-18-20-42(21-19-41)33-25-32(39)14-12-28(33)2/h3-6,8-15,22-25H,7,16-21,26H2,1-2H3,(H,40,44)/b36-23-. The van der Waals surface area contributed by atoms with E-state index >= 15 is 0 Å². The maximum atomic E-state index is 13.9. The Morgan fingerprint density at radius 1 is 0.891 bits per heavy atom. The van der Waals surface area contributed by atoms with Crippen molar-refractivity contribution in [3.8, 4) is 0 Å². The molecule has 0 spiro atoms. The highest BCUT2D eigenvalue weighted by Gasteiger charge is 2.30. The first-order valence-electron chi connectivity index (χ1n) is 15.8. The minimum absolute atomic E-state index is 0.0639. The van der Waals surface area contributed by atoms with E-state index in [-0.39, 0.29) is 11.8 Å². The molecule has 2 aliphatic rings. The molecule has 6 rings (SSSR count). The van der Waals surface area contributed by atoms with Crippen LogP contribution in [0.5, 0.6) is 0 Å². The Hall–Kier alpha value is -4.04. The van der Waals surface area contributed by atoms with Gasteiger partial charge in [-0.3, -0.25) is 14.5 Å². The molecule has 0 bridgehead atoms. The molecule has 2 aliphatic heterocycles. The largest absolute Gasteiger partial charge is 0.369 e. The van der Waals surface area contributed by atoms with Crippen molar-refractivity contribution in [1.82, 2.24) is 10.2 Å². The fourth-order valence-corrected chi connectivity index (χ4v) is 7.25. The number of benzene rings is 4. The van der Waals surface area contributed by atoms with Crippen LogP contribution in [-0.2, 0) is 11.3 Å². The number of piperazine rings is 1. The van der Waals surface area contributed by atoms with Gasteiger partial charge in [-0.25, -0.2) is 0 Å². The molecule has 0 aliphatic carbocycles. The highest BCUT2D eigenvalue weighted by atomic mass is 35.5. The van der Waals surface area contributed by atoms with Gasteiger partial charge in [0.1, 0.15) is 0 Å². The van der Waals surface area contributed by atoms with Crippen LogP contribution in [0.3, 0.4) is 0 Å². The second-order valence-corrected chi connectivity index (χ2v) is 13.5. The summed E-state index contributed by atoms with van der Waals surface area (Å²) in [4.78, 5) is 35.4. The zero-order chi connectivity index (χ0) is 32.0. The summed E-state index contributed by atoms with van der Waals surface area (Å²) >= 11 is 7.70. The third-order valence-electron chi connectivity index (χ3n) is 8.53. The summed E-state index contributed by atoms with van der Waals surface area (Å²) in [5.41, 5.74) is 6.95. The van der Waals surface area contributed by atoms with Gasteiger partial charge in [-0.05, 0) is 79.9 Å². The molecule has 4 aromatic rings. The van der Waals surface area contributed by atoms with Gasteiger partial charge in [-0.1, -0.05) is 89.6 Å². The van der Waals surface area contributed by atoms with Gasteiger partial charge in [-0.15, -0.1) is 0 Å². The Bertz CT molecular complexity index is 1750. The predicted molar refractivity (Wildman–Crippen MR) is 191 cm³/mol. The number of nitrogens with one attached hydrogen (secondary N) is 1. The minimum Gasteiger partial charge on any atom is -0.369 e. The fraction of sp³-hybridized carbons (Fsp3) is 0.263.